The minimum absolute atomic E-state index is 0.158. The zero-order valence-electron chi connectivity index (χ0n) is 16.9. The van der Waals surface area contributed by atoms with Crippen molar-refractivity contribution in [2.75, 3.05) is 24.6 Å². The lowest BCUT2D eigenvalue weighted by molar-refractivity contribution is -0.124. The van der Waals surface area contributed by atoms with E-state index in [1.165, 1.54) is 4.90 Å². The predicted octanol–water partition coefficient (Wildman–Crippen LogP) is 3.35. The maximum atomic E-state index is 13.1. The molecule has 4 rings (SSSR count). The van der Waals surface area contributed by atoms with Crippen LogP contribution in [0.25, 0.3) is 0 Å². The summed E-state index contributed by atoms with van der Waals surface area (Å²) in [6, 6.07) is 13.7. The van der Waals surface area contributed by atoms with Gasteiger partial charge in [0.1, 0.15) is 5.75 Å². The molecule has 30 heavy (non-hydrogen) atoms. The monoisotopic (exact) mass is 428 g/mol. The van der Waals surface area contributed by atoms with E-state index in [0.29, 0.717) is 49.0 Å². The molecular formula is C23H25ClN2O4. The normalized spacial score (nSPS) is 21.8. The Bertz CT molecular complexity index is 921. The Balaban J connectivity index is 1.44. The van der Waals surface area contributed by atoms with Crippen molar-refractivity contribution in [3.05, 3.63) is 59.1 Å². The SMILES string of the molecule is CCOc1ccc(N2C(=O)C[C@@H](N3CCC(O)(c4ccc(Cl)cc4)CC3)C2=O)cc1. The molecule has 0 unspecified atom stereocenters. The van der Waals surface area contributed by atoms with E-state index in [0.717, 1.165) is 5.56 Å². The van der Waals surface area contributed by atoms with Crippen molar-refractivity contribution in [2.45, 2.75) is 37.8 Å². The molecule has 0 aromatic heterocycles. The van der Waals surface area contributed by atoms with Crippen LogP contribution in [0.15, 0.2) is 48.5 Å². The first kappa shape index (κ1) is 20.8. The van der Waals surface area contributed by atoms with Crippen LogP contribution in [-0.4, -0.2) is 47.6 Å². The quantitative estimate of drug-likeness (QED) is 0.739. The van der Waals surface area contributed by atoms with Crippen molar-refractivity contribution in [1.82, 2.24) is 4.90 Å². The second-order valence-corrected chi connectivity index (χ2v) is 8.23. The lowest BCUT2D eigenvalue weighted by atomic mass is 9.84. The Hall–Kier alpha value is -2.41. The van der Waals surface area contributed by atoms with Crippen LogP contribution in [0.4, 0.5) is 5.69 Å². The number of ether oxygens (including phenoxy) is 1. The number of amides is 2. The van der Waals surface area contributed by atoms with Gasteiger partial charge in [0.15, 0.2) is 0 Å². The molecule has 0 bridgehead atoms. The molecule has 2 heterocycles. The Morgan fingerprint density at radius 1 is 1.07 bits per heavy atom. The van der Waals surface area contributed by atoms with E-state index in [1.807, 2.05) is 24.0 Å². The van der Waals surface area contributed by atoms with Crippen LogP contribution in [0.3, 0.4) is 0 Å². The van der Waals surface area contributed by atoms with Crippen molar-refractivity contribution in [2.24, 2.45) is 0 Å². The summed E-state index contributed by atoms with van der Waals surface area (Å²) in [5.74, 6) is 0.295. The molecule has 6 nitrogen and oxygen atoms in total. The maximum Gasteiger partial charge on any atom is 0.251 e. The highest BCUT2D eigenvalue weighted by Crippen LogP contribution is 2.36. The summed E-state index contributed by atoms with van der Waals surface area (Å²) in [7, 11) is 0. The summed E-state index contributed by atoms with van der Waals surface area (Å²) in [5, 5.41) is 11.7. The third kappa shape index (κ3) is 3.95. The number of carbonyl (C=O) groups is 2. The molecular weight excluding hydrogens is 404 g/mol. The fraction of sp³-hybridized carbons (Fsp3) is 0.391. The zero-order chi connectivity index (χ0) is 21.3. The molecule has 1 atom stereocenters. The van der Waals surface area contributed by atoms with Gasteiger partial charge in [0.25, 0.3) is 5.91 Å². The summed E-state index contributed by atoms with van der Waals surface area (Å²) in [6.45, 7) is 3.54. The highest BCUT2D eigenvalue weighted by Gasteiger charge is 2.45. The number of piperidine rings is 1. The predicted molar refractivity (Wildman–Crippen MR) is 115 cm³/mol. The molecule has 2 aliphatic rings. The summed E-state index contributed by atoms with van der Waals surface area (Å²) < 4.78 is 5.43. The van der Waals surface area contributed by atoms with Gasteiger partial charge in [0, 0.05) is 18.1 Å². The molecule has 2 aromatic carbocycles. The lowest BCUT2D eigenvalue weighted by Crippen LogP contribution is -2.49. The molecule has 2 saturated heterocycles. The van der Waals surface area contributed by atoms with Crippen LogP contribution in [0.2, 0.25) is 5.02 Å². The van der Waals surface area contributed by atoms with Crippen LogP contribution in [-0.2, 0) is 15.2 Å². The molecule has 2 aliphatic heterocycles. The average molecular weight is 429 g/mol. The van der Waals surface area contributed by atoms with Gasteiger partial charge in [-0.1, -0.05) is 23.7 Å². The second-order valence-electron chi connectivity index (χ2n) is 7.79. The Kier molecular flexibility index (Phi) is 5.82. The van der Waals surface area contributed by atoms with Gasteiger partial charge in [-0.25, -0.2) is 4.90 Å². The molecule has 0 radical (unpaired) electrons. The number of anilines is 1. The van der Waals surface area contributed by atoms with Gasteiger partial charge in [-0.15, -0.1) is 0 Å². The number of rotatable bonds is 5. The zero-order valence-corrected chi connectivity index (χ0v) is 17.6. The van der Waals surface area contributed by atoms with E-state index in [9.17, 15) is 14.7 Å². The van der Waals surface area contributed by atoms with E-state index in [4.69, 9.17) is 16.3 Å². The van der Waals surface area contributed by atoms with Gasteiger partial charge in [0.2, 0.25) is 5.91 Å². The van der Waals surface area contributed by atoms with Crippen molar-refractivity contribution in [3.63, 3.8) is 0 Å². The number of carbonyl (C=O) groups excluding carboxylic acids is 2. The standard InChI is InChI=1S/C23H25ClN2O4/c1-2-30-19-9-7-18(8-10-19)26-21(27)15-20(22(26)28)25-13-11-23(29,12-14-25)16-3-5-17(24)6-4-16/h3-10,20,29H,2,11-15H2,1H3/t20-/m1/s1. The number of imide groups is 1. The first-order valence-corrected chi connectivity index (χ1v) is 10.6. The number of nitrogens with zero attached hydrogens (tertiary/aromatic N) is 2. The van der Waals surface area contributed by atoms with Gasteiger partial charge in [0.05, 0.1) is 30.4 Å². The number of likely N-dealkylation sites (tertiary alicyclic amines) is 1. The van der Waals surface area contributed by atoms with Gasteiger partial charge < -0.3 is 9.84 Å². The van der Waals surface area contributed by atoms with Gasteiger partial charge in [-0.3, -0.25) is 14.5 Å². The van der Waals surface area contributed by atoms with Gasteiger partial charge in [-0.05, 0) is 61.7 Å². The van der Waals surface area contributed by atoms with E-state index >= 15 is 0 Å². The van der Waals surface area contributed by atoms with E-state index in [-0.39, 0.29) is 18.2 Å². The molecule has 0 aliphatic carbocycles. The first-order valence-electron chi connectivity index (χ1n) is 10.2. The average Bonchev–Trinajstić information content (AvgIpc) is 3.04. The summed E-state index contributed by atoms with van der Waals surface area (Å²) in [6.07, 6.45) is 1.15. The molecule has 0 saturated carbocycles. The summed E-state index contributed by atoms with van der Waals surface area (Å²) in [4.78, 5) is 28.9. The minimum atomic E-state index is -0.943. The largest absolute Gasteiger partial charge is 0.494 e. The van der Waals surface area contributed by atoms with Crippen molar-refractivity contribution < 1.29 is 19.4 Å². The third-order valence-corrected chi connectivity index (χ3v) is 6.23. The van der Waals surface area contributed by atoms with Crippen molar-refractivity contribution in [3.8, 4) is 5.75 Å². The Labute approximate surface area is 181 Å². The lowest BCUT2D eigenvalue weighted by Gasteiger charge is -2.40. The van der Waals surface area contributed by atoms with E-state index < -0.39 is 11.6 Å². The maximum absolute atomic E-state index is 13.1. The van der Waals surface area contributed by atoms with Crippen LogP contribution < -0.4 is 9.64 Å². The number of benzene rings is 2. The molecule has 158 valence electrons. The smallest absolute Gasteiger partial charge is 0.251 e. The molecule has 7 heteroatoms. The highest BCUT2D eigenvalue weighted by atomic mass is 35.5. The highest BCUT2D eigenvalue weighted by molar-refractivity contribution is 6.30. The molecule has 0 spiro atoms. The van der Waals surface area contributed by atoms with Gasteiger partial charge in [-0.2, -0.15) is 0 Å². The fourth-order valence-corrected chi connectivity index (χ4v) is 4.41. The number of hydrogen-bond acceptors (Lipinski definition) is 5. The summed E-state index contributed by atoms with van der Waals surface area (Å²) in [5.41, 5.74) is 0.448. The number of hydrogen-bond donors (Lipinski definition) is 1. The first-order chi connectivity index (χ1) is 14.4. The van der Waals surface area contributed by atoms with Crippen LogP contribution >= 0.6 is 11.6 Å². The number of aliphatic hydroxyl groups is 1. The van der Waals surface area contributed by atoms with Crippen LogP contribution in [0.1, 0.15) is 31.7 Å². The third-order valence-electron chi connectivity index (χ3n) is 5.98. The summed E-state index contributed by atoms with van der Waals surface area (Å²) >= 11 is 5.95. The topological polar surface area (TPSA) is 70.1 Å². The van der Waals surface area contributed by atoms with Crippen LogP contribution in [0, 0.1) is 0 Å². The molecule has 2 fully saturated rings. The van der Waals surface area contributed by atoms with E-state index in [1.54, 1.807) is 36.4 Å². The van der Waals surface area contributed by atoms with Gasteiger partial charge >= 0.3 is 0 Å². The number of halogens is 1. The van der Waals surface area contributed by atoms with Crippen molar-refractivity contribution in [1.29, 1.82) is 0 Å². The molecule has 2 amide bonds. The second kappa shape index (κ2) is 8.38. The fourth-order valence-electron chi connectivity index (χ4n) is 4.28. The molecule has 2 aromatic rings. The van der Waals surface area contributed by atoms with E-state index in [2.05, 4.69) is 0 Å². The Morgan fingerprint density at radius 3 is 2.30 bits per heavy atom. The minimum Gasteiger partial charge on any atom is -0.494 e. The van der Waals surface area contributed by atoms with Crippen LogP contribution in [0.5, 0.6) is 5.75 Å². The molecule has 1 N–H and O–H groups in total. The Morgan fingerprint density at radius 2 is 1.70 bits per heavy atom. The van der Waals surface area contributed by atoms with Crippen molar-refractivity contribution >= 4 is 29.1 Å².